The average molecular weight is 284 g/mol. The maximum atomic E-state index is 12.0. The molecule has 0 saturated carbocycles. The average Bonchev–Trinajstić information content (AvgIpc) is 2.90. The van der Waals surface area contributed by atoms with E-state index in [9.17, 15) is 4.79 Å². The number of fused-ring (bicyclic) bond motifs is 1. The number of hydrogen-bond acceptors (Lipinski definition) is 5. The molecule has 0 fully saturated rings. The molecule has 2 aromatic heterocycles. The molecule has 2 heterocycles. The Kier molecular flexibility index (Phi) is 3.43. The number of pyridine rings is 1. The highest BCUT2D eigenvalue weighted by atomic mass is 32.1. The van der Waals surface area contributed by atoms with Gasteiger partial charge in [0.15, 0.2) is 0 Å². The summed E-state index contributed by atoms with van der Waals surface area (Å²) in [6.45, 7) is 2.10. The summed E-state index contributed by atoms with van der Waals surface area (Å²) in [6.07, 6.45) is 0. The van der Waals surface area contributed by atoms with Crippen LogP contribution in [0.5, 0.6) is 0 Å². The number of hydrogen-bond donors (Lipinski definition) is 0. The van der Waals surface area contributed by atoms with E-state index in [1.165, 1.54) is 11.3 Å². The van der Waals surface area contributed by atoms with E-state index in [0.717, 1.165) is 21.6 Å². The first-order valence-corrected chi connectivity index (χ1v) is 7.04. The number of ether oxygens (including phenoxy) is 1. The van der Waals surface area contributed by atoms with E-state index >= 15 is 0 Å². The van der Waals surface area contributed by atoms with Gasteiger partial charge in [-0.3, -0.25) is 0 Å². The van der Waals surface area contributed by atoms with Crippen LogP contribution in [0.15, 0.2) is 41.8 Å². The van der Waals surface area contributed by atoms with E-state index in [4.69, 9.17) is 4.74 Å². The Morgan fingerprint density at radius 3 is 2.85 bits per heavy atom. The predicted octanol–water partition coefficient (Wildman–Crippen LogP) is 3.36. The van der Waals surface area contributed by atoms with Gasteiger partial charge in [-0.05, 0) is 19.1 Å². The molecular weight excluding hydrogens is 272 g/mol. The van der Waals surface area contributed by atoms with Gasteiger partial charge in [0.05, 0.1) is 16.2 Å². The maximum Gasteiger partial charge on any atom is 0.357 e. The molecule has 0 aliphatic rings. The molecule has 0 amide bonds. The van der Waals surface area contributed by atoms with Gasteiger partial charge in [0.2, 0.25) is 0 Å². The van der Waals surface area contributed by atoms with Crippen molar-refractivity contribution in [2.45, 2.75) is 13.5 Å². The van der Waals surface area contributed by atoms with Crippen molar-refractivity contribution in [3.8, 4) is 0 Å². The minimum Gasteiger partial charge on any atom is -0.454 e. The third-order valence-electron chi connectivity index (χ3n) is 2.83. The molecule has 4 nitrogen and oxygen atoms in total. The molecule has 1 aromatic carbocycles. The number of carbonyl (C=O) groups is 1. The monoisotopic (exact) mass is 284 g/mol. The summed E-state index contributed by atoms with van der Waals surface area (Å²) in [4.78, 5) is 20.5. The highest BCUT2D eigenvalue weighted by Crippen LogP contribution is 2.13. The van der Waals surface area contributed by atoms with Crippen LogP contribution in [0.4, 0.5) is 0 Å². The number of rotatable bonds is 3. The van der Waals surface area contributed by atoms with Crippen LogP contribution in [0.1, 0.15) is 21.2 Å². The molecule has 0 aliphatic carbocycles. The normalized spacial score (nSPS) is 10.7. The molecule has 3 aromatic rings. The lowest BCUT2D eigenvalue weighted by Gasteiger charge is -2.03. The second-order valence-electron chi connectivity index (χ2n) is 4.32. The van der Waals surface area contributed by atoms with E-state index in [-0.39, 0.29) is 6.61 Å². The Bertz CT molecular complexity index is 767. The molecule has 100 valence electrons. The minimum atomic E-state index is -0.429. The molecule has 0 atom stereocenters. The molecular formula is C15H12N2O2S. The molecule has 0 spiro atoms. The quantitative estimate of drug-likeness (QED) is 0.692. The topological polar surface area (TPSA) is 52.1 Å². The van der Waals surface area contributed by atoms with E-state index in [1.807, 2.05) is 42.6 Å². The van der Waals surface area contributed by atoms with Crippen LogP contribution in [0.3, 0.4) is 0 Å². The Hall–Kier alpha value is -2.27. The number of para-hydroxylation sites is 1. The lowest BCUT2D eigenvalue weighted by molar-refractivity contribution is 0.0462. The highest BCUT2D eigenvalue weighted by molar-refractivity contribution is 7.09. The van der Waals surface area contributed by atoms with E-state index in [0.29, 0.717) is 5.69 Å². The van der Waals surface area contributed by atoms with Crippen molar-refractivity contribution in [1.29, 1.82) is 0 Å². The Morgan fingerprint density at radius 2 is 2.05 bits per heavy atom. The van der Waals surface area contributed by atoms with Gasteiger partial charge < -0.3 is 4.74 Å². The Balaban J connectivity index is 1.75. The molecule has 3 rings (SSSR count). The van der Waals surface area contributed by atoms with Gasteiger partial charge in [0.25, 0.3) is 0 Å². The fourth-order valence-electron chi connectivity index (χ4n) is 1.87. The second kappa shape index (κ2) is 5.38. The third-order valence-corrected chi connectivity index (χ3v) is 3.65. The predicted molar refractivity (Wildman–Crippen MR) is 77.7 cm³/mol. The molecule has 0 N–H and O–H groups in total. The first kappa shape index (κ1) is 12.7. The summed E-state index contributed by atoms with van der Waals surface area (Å²) in [5.74, 6) is -0.429. The van der Waals surface area contributed by atoms with Crippen molar-refractivity contribution in [2.24, 2.45) is 0 Å². The zero-order valence-corrected chi connectivity index (χ0v) is 11.7. The van der Waals surface area contributed by atoms with Gasteiger partial charge in [-0.15, -0.1) is 11.3 Å². The molecule has 20 heavy (non-hydrogen) atoms. The van der Waals surface area contributed by atoms with Gasteiger partial charge in [-0.1, -0.05) is 24.3 Å². The van der Waals surface area contributed by atoms with Crippen LogP contribution in [0.25, 0.3) is 10.9 Å². The number of thiazole rings is 1. The minimum absolute atomic E-state index is 0.178. The third kappa shape index (κ3) is 2.67. The summed E-state index contributed by atoms with van der Waals surface area (Å²) >= 11 is 1.54. The fraction of sp³-hybridized carbons (Fsp3) is 0.133. The molecule has 0 bridgehead atoms. The van der Waals surface area contributed by atoms with Crippen LogP contribution < -0.4 is 0 Å². The van der Waals surface area contributed by atoms with E-state index in [2.05, 4.69) is 9.97 Å². The lowest BCUT2D eigenvalue weighted by atomic mass is 10.2. The number of carbonyl (C=O) groups excluding carboxylic acids is 1. The highest BCUT2D eigenvalue weighted by Gasteiger charge is 2.10. The molecule has 0 unspecified atom stereocenters. The summed E-state index contributed by atoms with van der Waals surface area (Å²) in [5.41, 5.74) is 1.86. The smallest absolute Gasteiger partial charge is 0.357 e. The summed E-state index contributed by atoms with van der Waals surface area (Å²) < 4.78 is 5.22. The van der Waals surface area contributed by atoms with Crippen LogP contribution >= 0.6 is 11.3 Å². The summed E-state index contributed by atoms with van der Waals surface area (Å²) in [5, 5.41) is 3.84. The number of aryl methyl sites for hydroxylation is 1. The van der Waals surface area contributed by atoms with Crippen molar-refractivity contribution < 1.29 is 9.53 Å². The SMILES string of the molecule is Cc1nc(COC(=O)c2ccc3ccccc3n2)cs1. The Morgan fingerprint density at radius 1 is 1.20 bits per heavy atom. The van der Waals surface area contributed by atoms with E-state index in [1.54, 1.807) is 6.07 Å². The number of esters is 1. The number of nitrogens with zero attached hydrogens (tertiary/aromatic N) is 2. The van der Waals surface area contributed by atoms with Crippen molar-refractivity contribution in [2.75, 3.05) is 0 Å². The zero-order valence-electron chi connectivity index (χ0n) is 10.9. The first-order chi connectivity index (χ1) is 9.72. The van der Waals surface area contributed by atoms with Gasteiger partial charge in [-0.2, -0.15) is 0 Å². The first-order valence-electron chi connectivity index (χ1n) is 6.16. The molecule has 5 heteroatoms. The van der Waals surface area contributed by atoms with Crippen molar-refractivity contribution in [1.82, 2.24) is 9.97 Å². The standard InChI is InChI=1S/C15H12N2O2S/c1-10-16-12(9-20-10)8-19-15(18)14-7-6-11-4-2-3-5-13(11)17-14/h2-7,9H,8H2,1H3. The van der Waals surface area contributed by atoms with Crippen LogP contribution in [0, 0.1) is 6.92 Å². The Labute approximate surface area is 120 Å². The van der Waals surface area contributed by atoms with Gasteiger partial charge in [-0.25, -0.2) is 14.8 Å². The van der Waals surface area contributed by atoms with Crippen LogP contribution in [-0.4, -0.2) is 15.9 Å². The largest absolute Gasteiger partial charge is 0.454 e. The summed E-state index contributed by atoms with van der Waals surface area (Å²) in [6, 6.07) is 11.2. The van der Waals surface area contributed by atoms with Gasteiger partial charge in [0.1, 0.15) is 12.3 Å². The van der Waals surface area contributed by atoms with Crippen LogP contribution in [0.2, 0.25) is 0 Å². The molecule has 0 aliphatic heterocycles. The maximum absolute atomic E-state index is 12.0. The van der Waals surface area contributed by atoms with Gasteiger partial charge in [0, 0.05) is 10.8 Å². The van der Waals surface area contributed by atoms with Gasteiger partial charge >= 0.3 is 5.97 Å². The van der Waals surface area contributed by atoms with Crippen LogP contribution in [-0.2, 0) is 11.3 Å². The summed E-state index contributed by atoms with van der Waals surface area (Å²) in [7, 11) is 0. The van der Waals surface area contributed by atoms with Crippen molar-refractivity contribution in [3.05, 3.63) is 58.2 Å². The fourth-order valence-corrected chi connectivity index (χ4v) is 2.46. The molecule has 0 saturated heterocycles. The van der Waals surface area contributed by atoms with Crippen molar-refractivity contribution in [3.63, 3.8) is 0 Å². The lowest BCUT2D eigenvalue weighted by Crippen LogP contribution is -2.07. The number of benzene rings is 1. The number of aromatic nitrogens is 2. The zero-order chi connectivity index (χ0) is 13.9. The second-order valence-corrected chi connectivity index (χ2v) is 5.39. The molecule has 0 radical (unpaired) electrons. The van der Waals surface area contributed by atoms with E-state index < -0.39 is 5.97 Å². The van der Waals surface area contributed by atoms with Crippen molar-refractivity contribution >= 4 is 28.2 Å².